The van der Waals surface area contributed by atoms with E-state index in [1.165, 1.54) is 9.80 Å². The van der Waals surface area contributed by atoms with Crippen LogP contribution in [-0.2, 0) is 11.3 Å². The van der Waals surface area contributed by atoms with Gasteiger partial charge in [0.15, 0.2) is 0 Å². The Bertz CT molecular complexity index is 1080. The highest BCUT2D eigenvalue weighted by Crippen LogP contribution is 2.29. The van der Waals surface area contributed by atoms with Crippen molar-refractivity contribution < 1.29 is 24.2 Å². The predicted octanol–water partition coefficient (Wildman–Crippen LogP) is 3.72. The van der Waals surface area contributed by atoms with Gasteiger partial charge in [-0.1, -0.05) is 29.8 Å². The average molecular weight is 516 g/mol. The first kappa shape index (κ1) is 26.3. The first-order valence-electron chi connectivity index (χ1n) is 12.3. The van der Waals surface area contributed by atoms with Crippen LogP contribution in [-0.4, -0.2) is 83.8 Å². The minimum Gasteiger partial charge on any atom is -0.494 e. The zero-order valence-corrected chi connectivity index (χ0v) is 21.7. The van der Waals surface area contributed by atoms with Gasteiger partial charge in [-0.3, -0.25) is 14.6 Å². The highest BCUT2D eigenvalue weighted by molar-refractivity contribution is 6.32. The molecule has 0 radical (unpaired) electrons. The van der Waals surface area contributed by atoms with E-state index in [2.05, 4.69) is 4.90 Å². The molecule has 9 heteroatoms. The van der Waals surface area contributed by atoms with Gasteiger partial charge in [0.1, 0.15) is 30.3 Å². The van der Waals surface area contributed by atoms with Crippen LogP contribution in [0.3, 0.4) is 0 Å². The van der Waals surface area contributed by atoms with Crippen molar-refractivity contribution in [2.45, 2.75) is 38.3 Å². The maximum absolute atomic E-state index is 11.9. The third-order valence-electron chi connectivity index (χ3n) is 6.57. The number of nitrogens with zero attached hydrogens (tertiary/aromatic N) is 3. The van der Waals surface area contributed by atoms with Crippen molar-refractivity contribution >= 4 is 23.5 Å². The minimum absolute atomic E-state index is 0.143. The quantitative estimate of drug-likeness (QED) is 0.383. The fourth-order valence-electron chi connectivity index (χ4n) is 4.64. The lowest BCUT2D eigenvalue weighted by atomic mass is 9.93. The number of imide groups is 1. The van der Waals surface area contributed by atoms with E-state index >= 15 is 0 Å². The molecule has 0 bridgehead atoms. The molecule has 2 aromatic carbocycles. The topological polar surface area (TPSA) is 82.6 Å². The van der Waals surface area contributed by atoms with Gasteiger partial charge in [0.2, 0.25) is 5.91 Å². The summed E-state index contributed by atoms with van der Waals surface area (Å²) in [6.45, 7) is 5.26. The Hall–Kier alpha value is -2.81. The standard InChI is InChI=1S/C27H34ClN3O5/c1-20-5-10-23(28)24(15-20)36-19-27(34)11-3-12-30(18-27)16-21-6-8-22(9-7-21)35-14-4-13-31-25(32)17-29(2)26(31)33/h5-10,15,34H,3-4,11-14,16-19H2,1-2H3/t27-/m1/s1. The normalized spacial score (nSPS) is 20.8. The Morgan fingerprint density at radius 3 is 2.61 bits per heavy atom. The third-order valence-corrected chi connectivity index (χ3v) is 6.88. The van der Waals surface area contributed by atoms with Crippen molar-refractivity contribution in [1.29, 1.82) is 0 Å². The number of piperidine rings is 1. The molecule has 2 saturated heterocycles. The van der Waals surface area contributed by atoms with Crippen LogP contribution in [0.15, 0.2) is 42.5 Å². The monoisotopic (exact) mass is 515 g/mol. The molecule has 0 unspecified atom stereocenters. The van der Waals surface area contributed by atoms with E-state index in [0.29, 0.717) is 43.3 Å². The van der Waals surface area contributed by atoms with Gasteiger partial charge in [0.05, 0.1) is 11.6 Å². The molecule has 3 amide bonds. The fraction of sp³-hybridized carbons (Fsp3) is 0.481. The number of β-amino-alcohol motifs (C(OH)–C–C–N with tert-alkyl or cyclic N) is 1. The number of ether oxygens (including phenoxy) is 2. The number of benzene rings is 2. The number of likely N-dealkylation sites (tertiary alicyclic amines) is 1. The second kappa shape index (κ2) is 11.5. The average Bonchev–Trinajstić information content (AvgIpc) is 3.09. The van der Waals surface area contributed by atoms with Crippen LogP contribution < -0.4 is 9.47 Å². The van der Waals surface area contributed by atoms with Crippen molar-refractivity contribution in [3.05, 3.63) is 58.6 Å². The third kappa shape index (κ3) is 6.69. The molecule has 2 aromatic rings. The van der Waals surface area contributed by atoms with E-state index in [-0.39, 0.29) is 25.1 Å². The van der Waals surface area contributed by atoms with Gasteiger partial charge in [-0.15, -0.1) is 0 Å². The maximum Gasteiger partial charge on any atom is 0.326 e. The lowest BCUT2D eigenvalue weighted by Crippen LogP contribution is -2.51. The van der Waals surface area contributed by atoms with Crippen molar-refractivity contribution in [2.24, 2.45) is 0 Å². The summed E-state index contributed by atoms with van der Waals surface area (Å²) in [5, 5.41) is 11.7. The molecule has 2 fully saturated rings. The first-order valence-corrected chi connectivity index (χ1v) is 12.7. The Morgan fingerprint density at radius 1 is 1.11 bits per heavy atom. The summed E-state index contributed by atoms with van der Waals surface area (Å²) in [4.78, 5) is 28.6. The fourth-order valence-corrected chi connectivity index (χ4v) is 4.82. The lowest BCUT2D eigenvalue weighted by molar-refractivity contribution is -0.125. The molecule has 1 atom stereocenters. The number of likely N-dealkylation sites (N-methyl/N-ethyl adjacent to an activating group) is 1. The van der Waals surface area contributed by atoms with E-state index in [1.54, 1.807) is 7.05 Å². The molecule has 2 aliphatic rings. The Balaban J connectivity index is 1.22. The van der Waals surface area contributed by atoms with Gasteiger partial charge in [0.25, 0.3) is 0 Å². The molecule has 2 heterocycles. The zero-order chi connectivity index (χ0) is 25.7. The number of hydrogen-bond donors (Lipinski definition) is 1. The van der Waals surface area contributed by atoms with Crippen LogP contribution in [0.1, 0.15) is 30.4 Å². The number of carbonyl (C=O) groups is 2. The van der Waals surface area contributed by atoms with E-state index in [0.717, 1.165) is 36.4 Å². The first-order chi connectivity index (χ1) is 17.2. The van der Waals surface area contributed by atoms with Crippen molar-refractivity contribution in [3.8, 4) is 11.5 Å². The van der Waals surface area contributed by atoms with Crippen molar-refractivity contribution in [3.63, 3.8) is 0 Å². The van der Waals surface area contributed by atoms with Crippen molar-refractivity contribution in [2.75, 3.05) is 46.4 Å². The molecule has 36 heavy (non-hydrogen) atoms. The molecule has 0 aliphatic carbocycles. The SMILES string of the molecule is Cc1ccc(Cl)c(OC[C@@]2(O)CCCN(Cc3ccc(OCCCN4C(=O)CN(C)C4=O)cc3)C2)c1. The lowest BCUT2D eigenvalue weighted by Gasteiger charge is -2.39. The minimum atomic E-state index is -0.929. The molecule has 0 spiro atoms. The Morgan fingerprint density at radius 2 is 1.89 bits per heavy atom. The number of halogens is 1. The van der Waals surface area contributed by atoms with Gasteiger partial charge in [0, 0.05) is 26.7 Å². The van der Waals surface area contributed by atoms with Gasteiger partial charge in [-0.2, -0.15) is 0 Å². The van der Waals surface area contributed by atoms with Crippen LogP contribution in [0.5, 0.6) is 11.5 Å². The molecule has 0 saturated carbocycles. The van der Waals surface area contributed by atoms with Crippen molar-refractivity contribution in [1.82, 2.24) is 14.7 Å². The molecule has 0 aromatic heterocycles. The summed E-state index contributed by atoms with van der Waals surface area (Å²) in [6, 6.07) is 13.3. The number of urea groups is 1. The van der Waals surface area contributed by atoms with Crippen LogP contribution in [0.2, 0.25) is 5.02 Å². The van der Waals surface area contributed by atoms with E-state index in [9.17, 15) is 14.7 Å². The molecule has 194 valence electrons. The van der Waals surface area contributed by atoms with Crippen LogP contribution in [0.4, 0.5) is 4.79 Å². The molecular weight excluding hydrogens is 482 g/mol. The Labute approximate surface area is 217 Å². The highest BCUT2D eigenvalue weighted by Gasteiger charge is 2.34. The Kier molecular flexibility index (Phi) is 8.39. The van der Waals surface area contributed by atoms with Gasteiger partial charge >= 0.3 is 6.03 Å². The molecule has 4 rings (SSSR count). The number of rotatable bonds is 10. The smallest absolute Gasteiger partial charge is 0.326 e. The van der Waals surface area contributed by atoms with Crippen LogP contribution in [0.25, 0.3) is 0 Å². The number of aryl methyl sites for hydroxylation is 1. The second-order valence-electron chi connectivity index (χ2n) is 9.79. The van der Waals surface area contributed by atoms with Gasteiger partial charge in [-0.05, 0) is 68.1 Å². The van der Waals surface area contributed by atoms with Crippen LogP contribution in [0, 0.1) is 6.92 Å². The van der Waals surface area contributed by atoms with E-state index in [4.69, 9.17) is 21.1 Å². The molecule has 2 aliphatic heterocycles. The summed E-state index contributed by atoms with van der Waals surface area (Å²) in [6.07, 6.45) is 2.15. The molecule has 1 N–H and O–H groups in total. The number of carbonyl (C=O) groups excluding carboxylic acids is 2. The van der Waals surface area contributed by atoms with Crippen LogP contribution >= 0.6 is 11.6 Å². The summed E-state index contributed by atoms with van der Waals surface area (Å²) in [5.41, 5.74) is 1.26. The predicted molar refractivity (Wildman–Crippen MR) is 137 cm³/mol. The van der Waals surface area contributed by atoms with E-state index < -0.39 is 5.60 Å². The van der Waals surface area contributed by atoms with Gasteiger partial charge < -0.3 is 19.5 Å². The highest BCUT2D eigenvalue weighted by atomic mass is 35.5. The maximum atomic E-state index is 11.9. The largest absolute Gasteiger partial charge is 0.494 e. The second-order valence-corrected chi connectivity index (χ2v) is 10.2. The number of amides is 3. The molecule has 8 nitrogen and oxygen atoms in total. The number of hydrogen-bond acceptors (Lipinski definition) is 6. The summed E-state index contributed by atoms with van der Waals surface area (Å²) < 4.78 is 11.7. The summed E-state index contributed by atoms with van der Waals surface area (Å²) in [5.74, 6) is 1.18. The summed E-state index contributed by atoms with van der Waals surface area (Å²) in [7, 11) is 1.62. The molecular formula is C27H34ClN3O5. The zero-order valence-electron chi connectivity index (χ0n) is 20.9. The van der Waals surface area contributed by atoms with E-state index in [1.807, 2.05) is 49.4 Å². The van der Waals surface area contributed by atoms with Gasteiger partial charge in [-0.25, -0.2) is 4.79 Å². The summed E-state index contributed by atoms with van der Waals surface area (Å²) >= 11 is 6.24. The number of aliphatic hydroxyl groups is 1.